The molecule has 0 bridgehead atoms. The number of nitrogens with one attached hydrogen (secondary N) is 1. The molecule has 0 saturated carbocycles. The zero-order valence-corrected chi connectivity index (χ0v) is 18.1. The largest absolute Gasteiger partial charge is 0.486 e. The summed E-state index contributed by atoms with van der Waals surface area (Å²) in [5.41, 5.74) is 4.62. The molecule has 150 valence electrons. The van der Waals surface area contributed by atoms with Crippen LogP contribution in [0.3, 0.4) is 0 Å². The summed E-state index contributed by atoms with van der Waals surface area (Å²) in [7, 11) is 1.89. The number of hydrogen-bond acceptors (Lipinski definition) is 4. The van der Waals surface area contributed by atoms with Crippen LogP contribution in [0.5, 0.6) is 5.75 Å². The number of halogens is 2. The molecule has 8 heteroatoms. The number of aromatic nitrogens is 5. The van der Waals surface area contributed by atoms with Gasteiger partial charge >= 0.3 is 0 Å². The molecule has 0 aliphatic rings. The average Bonchev–Trinajstić information content (AvgIpc) is 3.26. The average molecular weight is 430 g/mol. The monoisotopic (exact) mass is 429 g/mol. The predicted molar refractivity (Wildman–Crippen MR) is 116 cm³/mol. The number of benzene rings is 1. The van der Waals surface area contributed by atoms with E-state index in [1.165, 1.54) is 0 Å². The lowest BCUT2D eigenvalue weighted by molar-refractivity contribution is 0.227. The summed E-state index contributed by atoms with van der Waals surface area (Å²) >= 11 is 12.6. The van der Waals surface area contributed by atoms with E-state index in [2.05, 4.69) is 34.1 Å². The first-order valence-corrected chi connectivity index (χ1v) is 10.1. The minimum atomic E-state index is -0.343. The predicted octanol–water partition coefficient (Wildman–Crippen LogP) is 5.93. The number of fused-ring (bicyclic) bond motifs is 1. The summed E-state index contributed by atoms with van der Waals surface area (Å²) in [6, 6.07) is 4.03. The maximum Gasteiger partial charge on any atom is 0.124 e. The SMILES string of the molecule is CC(C)c1cc(O[C@H](C)c2c(Cl)cncc2Cl)cc2c(-c3cnn(C)c3)n[nH]c12. The topological polar surface area (TPSA) is 68.6 Å². The first-order valence-electron chi connectivity index (χ1n) is 9.31. The quantitative estimate of drug-likeness (QED) is 0.426. The van der Waals surface area contributed by atoms with Crippen LogP contribution in [-0.4, -0.2) is 25.0 Å². The number of rotatable bonds is 5. The molecule has 0 amide bonds. The lowest BCUT2D eigenvalue weighted by Gasteiger charge is -2.19. The summed E-state index contributed by atoms with van der Waals surface area (Å²) in [5.74, 6) is 1.01. The van der Waals surface area contributed by atoms with Gasteiger partial charge in [-0.2, -0.15) is 10.2 Å². The standard InChI is InChI=1S/C21H21Cl2N5O/c1-11(2)15-5-14(29-12(3)19-17(22)8-24-9-18(19)23)6-16-20(26-27-21(15)16)13-7-25-28(4)10-13/h5-12H,1-4H3,(H,26,27)/t12-/m1/s1. The molecule has 3 heterocycles. The summed E-state index contributed by atoms with van der Waals surface area (Å²) in [6.07, 6.45) is 6.54. The zero-order chi connectivity index (χ0) is 20.7. The second-order valence-corrected chi connectivity index (χ2v) is 8.16. The maximum atomic E-state index is 6.31. The number of pyridine rings is 1. The van der Waals surface area contributed by atoms with Gasteiger partial charge in [0, 0.05) is 42.2 Å². The van der Waals surface area contributed by atoms with Crippen LogP contribution in [0, 0.1) is 0 Å². The summed E-state index contributed by atoms with van der Waals surface area (Å²) in [4.78, 5) is 4.01. The second kappa shape index (κ2) is 7.69. The molecule has 0 aliphatic heterocycles. The van der Waals surface area contributed by atoms with Crippen LogP contribution in [-0.2, 0) is 7.05 Å². The fourth-order valence-corrected chi connectivity index (χ4v) is 4.15. The van der Waals surface area contributed by atoms with E-state index < -0.39 is 0 Å². The van der Waals surface area contributed by atoms with Crippen molar-refractivity contribution in [3.8, 4) is 17.0 Å². The third-order valence-corrected chi connectivity index (χ3v) is 5.49. The second-order valence-electron chi connectivity index (χ2n) is 7.34. The minimum Gasteiger partial charge on any atom is -0.486 e. The molecule has 0 saturated heterocycles. The number of aromatic amines is 1. The van der Waals surface area contributed by atoms with Gasteiger partial charge in [-0.3, -0.25) is 14.8 Å². The van der Waals surface area contributed by atoms with Gasteiger partial charge in [-0.05, 0) is 30.5 Å². The molecular formula is C21H21Cl2N5O. The van der Waals surface area contributed by atoms with Gasteiger partial charge in [0.15, 0.2) is 0 Å². The van der Waals surface area contributed by atoms with Gasteiger partial charge in [0.1, 0.15) is 17.5 Å². The fourth-order valence-electron chi connectivity index (χ4n) is 3.48. The van der Waals surface area contributed by atoms with E-state index >= 15 is 0 Å². The molecule has 0 fully saturated rings. The zero-order valence-electron chi connectivity index (χ0n) is 16.6. The molecular weight excluding hydrogens is 409 g/mol. The van der Waals surface area contributed by atoms with Crippen LogP contribution in [0.2, 0.25) is 10.0 Å². The Balaban J connectivity index is 1.80. The van der Waals surface area contributed by atoms with E-state index in [9.17, 15) is 0 Å². The Bertz CT molecular complexity index is 1160. The molecule has 1 aromatic carbocycles. The van der Waals surface area contributed by atoms with Gasteiger partial charge in [0.05, 0.1) is 21.8 Å². The number of nitrogens with zero attached hydrogens (tertiary/aromatic N) is 4. The van der Waals surface area contributed by atoms with Crippen LogP contribution >= 0.6 is 23.2 Å². The first-order chi connectivity index (χ1) is 13.8. The molecule has 0 unspecified atom stereocenters. The minimum absolute atomic E-state index is 0.284. The van der Waals surface area contributed by atoms with E-state index in [1.807, 2.05) is 32.3 Å². The third kappa shape index (κ3) is 3.70. The van der Waals surface area contributed by atoms with Crippen molar-refractivity contribution in [2.24, 2.45) is 7.05 Å². The highest BCUT2D eigenvalue weighted by Gasteiger charge is 2.20. The highest BCUT2D eigenvalue weighted by Crippen LogP contribution is 2.37. The van der Waals surface area contributed by atoms with Crippen molar-refractivity contribution >= 4 is 34.1 Å². The molecule has 0 spiro atoms. The maximum absolute atomic E-state index is 6.31. The Kier molecular flexibility index (Phi) is 5.23. The van der Waals surface area contributed by atoms with Crippen LogP contribution in [0.4, 0.5) is 0 Å². The van der Waals surface area contributed by atoms with Crippen LogP contribution in [0.25, 0.3) is 22.2 Å². The van der Waals surface area contributed by atoms with E-state index in [0.717, 1.165) is 33.5 Å². The van der Waals surface area contributed by atoms with E-state index in [-0.39, 0.29) is 12.0 Å². The van der Waals surface area contributed by atoms with Crippen molar-refractivity contribution in [2.75, 3.05) is 0 Å². The van der Waals surface area contributed by atoms with Crippen LogP contribution < -0.4 is 4.74 Å². The van der Waals surface area contributed by atoms with Crippen molar-refractivity contribution < 1.29 is 4.74 Å². The van der Waals surface area contributed by atoms with Crippen molar-refractivity contribution in [2.45, 2.75) is 32.8 Å². The Hall–Kier alpha value is -2.57. The number of aryl methyl sites for hydroxylation is 1. The molecule has 29 heavy (non-hydrogen) atoms. The Morgan fingerprint density at radius 1 is 1.07 bits per heavy atom. The Labute approximate surface area is 178 Å². The Morgan fingerprint density at radius 3 is 2.41 bits per heavy atom. The highest BCUT2D eigenvalue weighted by atomic mass is 35.5. The summed E-state index contributed by atoms with van der Waals surface area (Å²) in [5, 5.41) is 13.9. The van der Waals surface area contributed by atoms with Crippen molar-refractivity contribution in [1.29, 1.82) is 0 Å². The molecule has 0 aliphatic carbocycles. The van der Waals surface area contributed by atoms with Gasteiger partial charge < -0.3 is 4.74 Å². The van der Waals surface area contributed by atoms with Crippen molar-refractivity contribution in [3.05, 3.63) is 58.1 Å². The van der Waals surface area contributed by atoms with Crippen LogP contribution in [0.1, 0.15) is 43.9 Å². The number of hydrogen-bond donors (Lipinski definition) is 1. The van der Waals surface area contributed by atoms with Gasteiger partial charge in [0.2, 0.25) is 0 Å². The first kappa shape index (κ1) is 19.7. The summed E-state index contributed by atoms with van der Waals surface area (Å²) in [6.45, 7) is 6.20. The Morgan fingerprint density at radius 2 is 1.79 bits per heavy atom. The van der Waals surface area contributed by atoms with Gasteiger partial charge in [0.25, 0.3) is 0 Å². The molecule has 4 rings (SSSR count). The van der Waals surface area contributed by atoms with E-state index in [1.54, 1.807) is 23.3 Å². The highest BCUT2D eigenvalue weighted by molar-refractivity contribution is 6.35. The molecule has 3 aromatic heterocycles. The number of H-pyrrole nitrogens is 1. The smallest absolute Gasteiger partial charge is 0.124 e. The van der Waals surface area contributed by atoms with E-state index in [0.29, 0.717) is 15.6 Å². The van der Waals surface area contributed by atoms with Crippen molar-refractivity contribution in [3.63, 3.8) is 0 Å². The molecule has 6 nitrogen and oxygen atoms in total. The summed E-state index contributed by atoms with van der Waals surface area (Å²) < 4.78 is 8.03. The molecule has 1 atom stereocenters. The molecule has 4 aromatic rings. The normalized spacial score (nSPS) is 12.7. The van der Waals surface area contributed by atoms with E-state index in [4.69, 9.17) is 27.9 Å². The fraction of sp³-hybridized carbons (Fsp3) is 0.286. The van der Waals surface area contributed by atoms with Gasteiger partial charge in [-0.25, -0.2) is 0 Å². The number of ether oxygens (including phenoxy) is 1. The molecule has 0 radical (unpaired) electrons. The van der Waals surface area contributed by atoms with Gasteiger partial charge in [-0.1, -0.05) is 37.0 Å². The lowest BCUT2D eigenvalue weighted by Crippen LogP contribution is -2.06. The van der Waals surface area contributed by atoms with Crippen LogP contribution in [0.15, 0.2) is 36.9 Å². The van der Waals surface area contributed by atoms with Crippen molar-refractivity contribution in [1.82, 2.24) is 25.0 Å². The van der Waals surface area contributed by atoms with Gasteiger partial charge in [-0.15, -0.1) is 0 Å². The lowest BCUT2D eigenvalue weighted by atomic mass is 9.98. The third-order valence-electron chi connectivity index (χ3n) is 4.89. The molecule has 1 N–H and O–H groups in total.